The first-order chi connectivity index (χ1) is 32.3. The number of halogens is 6. The highest BCUT2D eigenvalue weighted by atomic mass is 32.1. The molecular weight excluding hydrogens is 891 g/mol. The van der Waals surface area contributed by atoms with Crippen molar-refractivity contribution in [1.82, 2.24) is 0 Å². The lowest BCUT2D eigenvalue weighted by atomic mass is 9.94. The quantitative estimate of drug-likeness (QED) is 0.0250. The molecule has 0 atom stereocenters. The van der Waals surface area contributed by atoms with Crippen LogP contribution >= 0.6 is 22.7 Å². The monoisotopic (exact) mass is 973 g/mol. The van der Waals surface area contributed by atoms with Gasteiger partial charge in [0.2, 0.25) is 0 Å². The molecule has 1 aliphatic carbocycles. The highest BCUT2D eigenvalue weighted by Gasteiger charge is 2.80. The van der Waals surface area contributed by atoms with Gasteiger partial charge in [-0.3, -0.25) is 0 Å². The normalized spacial score (nSPS) is 15.3. The number of alkyl halides is 6. The van der Waals surface area contributed by atoms with Crippen LogP contribution in [0.25, 0.3) is 32.0 Å². The van der Waals surface area contributed by atoms with Crippen molar-refractivity contribution in [3.63, 3.8) is 0 Å². The van der Waals surface area contributed by atoms with Crippen molar-refractivity contribution in [2.75, 3.05) is 0 Å². The summed E-state index contributed by atoms with van der Waals surface area (Å²) in [6.07, 6.45) is 44.0. The van der Waals surface area contributed by atoms with E-state index in [9.17, 15) is 0 Å². The van der Waals surface area contributed by atoms with E-state index in [2.05, 4.69) is 23.0 Å². The summed E-state index contributed by atoms with van der Waals surface area (Å²) in [5, 5.41) is 0. The fraction of sp³-hybridized carbons (Fsp3) is 0.649. The van der Waals surface area contributed by atoms with Crippen LogP contribution in [0.3, 0.4) is 0 Å². The van der Waals surface area contributed by atoms with Gasteiger partial charge >= 0.3 is 17.8 Å². The fourth-order valence-electron chi connectivity index (χ4n) is 9.70. The number of unbranched alkanes of at least 4 members (excludes halogenated alkanes) is 26. The van der Waals surface area contributed by atoms with Gasteiger partial charge in [0.05, 0.1) is 0 Å². The Morgan fingerprint density at radius 1 is 0.388 bits per heavy atom. The van der Waals surface area contributed by atoms with E-state index < -0.39 is 28.9 Å². The van der Waals surface area contributed by atoms with Gasteiger partial charge in [0.25, 0.3) is 0 Å². The number of hydrogen-bond donors (Lipinski definition) is 0. The van der Waals surface area contributed by atoms with Crippen molar-refractivity contribution in [1.29, 1.82) is 0 Å². The Kier molecular flexibility index (Phi) is 23.0. The summed E-state index contributed by atoms with van der Waals surface area (Å²) in [6, 6.07) is 10.3. The first-order valence-corrected chi connectivity index (χ1v) is 28.1. The molecule has 10 heteroatoms. The third-order valence-corrected chi connectivity index (χ3v) is 16.1. The van der Waals surface area contributed by atoms with Gasteiger partial charge in [-0.15, -0.1) is 22.7 Å². The number of aromatic nitrogens is 2. The third kappa shape index (κ3) is 15.5. The Balaban J connectivity index is 1.14. The second kappa shape index (κ2) is 28.0. The van der Waals surface area contributed by atoms with Crippen LogP contribution in [0.4, 0.5) is 26.3 Å². The molecule has 0 bridgehead atoms. The van der Waals surface area contributed by atoms with Crippen LogP contribution in [-0.2, 0) is 13.1 Å². The maximum atomic E-state index is 16.0. The van der Waals surface area contributed by atoms with Gasteiger partial charge in [-0.25, -0.2) is 9.13 Å². The molecule has 4 heterocycles. The number of hydrogen-bond acceptors (Lipinski definition) is 2. The molecule has 1 aliphatic rings. The highest BCUT2D eigenvalue weighted by Crippen LogP contribution is 2.66. The molecule has 0 N–H and O–H groups in total. The lowest BCUT2D eigenvalue weighted by Gasteiger charge is -2.25. The first kappa shape index (κ1) is 55.0. The number of thiophene rings is 2. The lowest BCUT2D eigenvalue weighted by molar-refractivity contribution is -0.697. The van der Waals surface area contributed by atoms with E-state index in [1.54, 1.807) is 13.8 Å². The number of pyridine rings is 2. The van der Waals surface area contributed by atoms with Gasteiger partial charge in [-0.2, -0.15) is 26.3 Å². The van der Waals surface area contributed by atoms with E-state index in [1.165, 1.54) is 166 Å². The summed E-state index contributed by atoms with van der Waals surface area (Å²) in [5.74, 6) is -15.8. The van der Waals surface area contributed by atoms with E-state index >= 15 is 26.3 Å². The van der Waals surface area contributed by atoms with Gasteiger partial charge in [0, 0.05) is 78.9 Å². The Morgan fingerprint density at radius 3 is 0.910 bits per heavy atom. The van der Waals surface area contributed by atoms with Gasteiger partial charge in [0.1, 0.15) is 13.1 Å². The maximum Gasteiger partial charge on any atom is 0.380 e. The molecule has 0 unspecified atom stereocenters. The van der Waals surface area contributed by atoms with Crippen molar-refractivity contribution in [2.24, 2.45) is 0 Å². The molecule has 5 rings (SSSR count). The Labute approximate surface area is 408 Å². The van der Waals surface area contributed by atoms with Gasteiger partial charge in [-0.1, -0.05) is 168 Å². The van der Waals surface area contributed by atoms with Crippen molar-refractivity contribution < 1.29 is 35.5 Å². The van der Waals surface area contributed by atoms with E-state index in [0.717, 1.165) is 72.6 Å². The van der Waals surface area contributed by atoms with Crippen molar-refractivity contribution in [3.05, 3.63) is 82.1 Å². The molecule has 0 saturated heterocycles. The zero-order valence-electron chi connectivity index (χ0n) is 41.5. The summed E-state index contributed by atoms with van der Waals surface area (Å²) >= 11 is 2.31. The molecular formula is C57H82F6N2S2+2. The zero-order chi connectivity index (χ0) is 48.1. The largest absolute Gasteiger partial charge is 0.380 e. The molecule has 0 radical (unpaired) electrons. The predicted octanol–water partition coefficient (Wildman–Crippen LogP) is 19.1. The van der Waals surface area contributed by atoms with Crippen molar-refractivity contribution >= 4 is 33.8 Å². The number of allylic oxidation sites excluding steroid dienone is 2. The third-order valence-electron chi connectivity index (χ3n) is 13.9. The number of aryl methyl sites for hydroxylation is 4. The minimum absolute atomic E-state index is 0.257. The molecule has 67 heavy (non-hydrogen) atoms. The van der Waals surface area contributed by atoms with Gasteiger partial charge < -0.3 is 0 Å². The van der Waals surface area contributed by atoms with Crippen molar-refractivity contribution in [2.45, 2.75) is 238 Å². The van der Waals surface area contributed by atoms with E-state index in [4.69, 9.17) is 0 Å². The molecule has 372 valence electrons. The summed E-state index contributed by atoms with van der Waals surface area (Å²) in [4.78, 5) is 1.70. The molecule has 0 saturated carbocycles. The molecule has 0 amide bonds. The maximum absolute atomic E-state index is 16.0. The van der Waals surface area contributed by atoms with Crippen LogP contribution in [0.2, 0.25) is 0 Å². The fourth-order valence-corrected chi connectivity index (χ4v) is 11.8. The van der Waals surface area contributed by atoms with Crippen molar-refractivity contribution in [3.8, 4) is 20.9 Å². The van der Waals surface area contributed by atoms with Gasteiger partial charge in [0.15, 0.2) is 24.8 Å². The average molecular weight is 973 g/mol. The summed E-state index contributed by atoms with van der Waals surface area (Å²) < 4.78 is 98.9. The Morgan fingerprint density at radius 2 is 0.642 bits per heavy atom. The first-order valence-electron chi connectivity index (χ1n) is 26.4. The summed E-state index contributed by atoms with van der Waals surface area (Å²) in [5.41, 5.74) is -1.63. The zero-order valence-corrected chi connectivity index (χ0v) is 43.1. The SMILES string of the molecule is CCCCCCCCCCCCCCCC[n+]1ccc(-c2cc(C3=C(c4cc(-c5cc[n+](CCCCCCCCCCCCCCCC)cc5)sc4C)C(F)(F)C(F)(F)C3(F)F)c(C)s2)cc1. The molecule has 2 nitrogen and oxygen atoms in total. The number of rotatable bonds is 34. The molecule has 0 aliphatic heterocycles. The topological polar surface area (TPSA) is 7.76 Å². The minimum Gasteiger partial charge on any atom is -0.205 e. The number of nitrogens with zero attached hydrogens (tertiary/aromatic N) is 2. The standard InChI is InChI=1S/C57H82F6N2S2/c1-5-7-9-11-13-15-17-19-21-23-25-27-29-31-37-64-39-33-47(34-40-64)51-43-49(45(3)66-51)53-54(56(60,61)57(62,63)55(53,58)59)50-44-52(67-46(50)4)48-35-41-65(42-36-48)38-32-30-28-26-24-22-20-18-16-14-12-10-8-6-2/h33-36,39-44H,5-32,37-38H2,1-4H3/q+2. The predicted molar refractivity (Wildman–Crippen MR) is 272 cm³/mol. The highest BCUT2D eigenvalue weighted by molar-refractivity contribution is 7.16. The molecule has 4 aromatic rings. The molecule has 0 aromatic carbocycles. The van der Waals surface area contributed by atoms with Crippen LogP contribution < -0.4 is 9.13 Å². The molecule has 0 fully saturated rings. The average Bonchev–Trinajstić information content (AvgIpc) is 3.92. The van der Waals surface area contributed by atoms with Gasteiger partial charge in [-0.05, 0) is 49.9 Å². The van der Waals surface area contributed by atoms with Crippen LogP contribution in [0, 0.1) is 13.8 Å². The molecule has 0 spiro atoms. The van der Waals surface area contributed by atoms with Crippen LogP contribution in [0.5, 0.6) is 0 Å². The Bertz CT molecular complexity index is 1900. The second-order valence-corrected chi connectivity index (χ2v) is 22.0. The lowest BCUT2D eigenvalue weighted by Crippen LogP contribution is -2.48. The minimum atomic E-state index is -5.61. The summed E-state index contributed by atoms with van der Waals surface area (Å²) in [6.45, 7) is 9.30. The summed E-state index contributed by atoms with van der Waals surface area (Å²) in [7, 11) is 0. The molecule has 4 aromatic heterocycles. The van der Waals surface area contributed by atoms with E-state index in [0.29, 0.717) is 9.75 Å². The van der Waals surface area contributed by atoms with Crippen LogP contribution in [-0.4, -0.2) is 17.8 Å². The van der Waals surface area contributed by atoms with Crippen LogP contribution in [0.15, 0.2) is 61.2 Å². The smallest absolute Gasteiger partial charge is 0.205 e. The van der Waals surface area contributed by atoms with Crippen LogP contribution in [0.1, 0.15) is 215 Å². The Hall–Kier alpha value is -2.98. The second-order valence-electron chi connectivity index (χ2n) is 19.5. The van der Waals surface area contributed by atoms with E-state index in [1.807, 2.05) is 49.1 Å². The van der Waals surface area contributed by atoms with E-state index in [-0.39, 0.29) is 20.9 Å².